The maximum Gasteiger partial charge on any atom is 0.253 e. The van der Waals surface area contributed by atoms with E-state index >= 15 is 0 Å². The molecule has 1 aromatic carbocycles. The van der Waals surface area contributed by atoms with Gasteiger partial charge in [0.05, 0.1) is 6.04 Å². The lowest BCUT2D eigenvalue weighted by atomic mass is 10.0. The summed E-state index contributed by atoms with van der Waals surface area (Å²) in [6.45, 7) is 6.59. The average molecular weight is 528 g/mol. The highest BCUT2D eigenvalue weighted by Crippen LogP contribution is 2.31. The number of aliphatic hydroxyl groups excluding tert-OH is 1. The molecule has 2 amide bonds. The van der Waals surface area contributed by atoms with Gasteiger partial charge in [-0.2, -0.15) is 0 Å². The van der Waals surface area contributed by atoms with Crippen molar-refractivity contribution in [2.45, 2.75) is 70.8 Å². The van der Waals surface area contributed by atoms with Gasteiger partial charge in [-0.05, 0) is 81.4 Å². The topological polar surface area (TPSA) is 89.0 Å². The van der Waals surface area contributed by atoms with Crippen LogP contribution in [0, 0.1) is 6.92 Å². The van der Waals surface area contributed by atoms with Crippen LogP contribution in [0.4, 0.5) is 5.82 Å². The van der Waals surface area contributed by atoms with E-state index < -0.39 is 12.3 Å². The van der Waals surface area contributed by atoms with Crippen LogP contribution in [0.3, 0.4) is 0 Å². The van der Waals surface area contributed by atoms with E-state index in [2.05, 4.69) is 34.3 Å². The number of piperidine rings is 1. The first kappa shape index (κ1) is 27.5. The second-order valence-electron chi connectivity index (χ2n) is 10.4. The zero-order valence-electron chi connectivity index (χ0n) is 22.2. The van der Waals surface area contributed by atoms with Crippen molar-refractivity contribution in [2.75, 3.05) is 32.5 Å². The highest BCUT2D eigenvalue weighted by molar-refractivity contribution is 6.31. The van der Waals surface area contributed by atoms with Gasteiger partial charge in [0.15, 0.2) is 0 Å². The van der Waals surface area contributed by atoms with Crippen LogP contribution in [0.5, 0.6) is 0 Å². The summed E-state index contributed by atoms with van der Waals surface area (Å²) in [4.78, 5) is 36.1. The summed E-state index contributed by atoms with van der Waals surface area (Å²) < 4.78 is 0. The summed E-state index contributed by atoms with van der Waals surface area (Å²) in [7, 11) is 3.38. The molecular formula is C28H38ClN5O3. The first-order chi connectivity index (χ1) is 17.7. The van der Waals surface area contributed by atoms with Crippen LogP contribution in [0.1, 0.15) is 59.8 Å². The molecule has 2 fully saturated rings. The van der Waals surface area contributed by atoms with Gasteiger partial charge in [-0.1, -0.05) is 30.7 Å². The Kier molecular flexibility index (Phi) is 8.85. The van der Waals surface area contributed by atoms with Gasteiger partial charge in [0.25, 0.3) is 5.91 Å². The van der Waals surface area contributed by atoms with Crippen molar-refractivity contribution in [3.05, 3.63) is 57.7 Å². The van der Waals surface area contributed by atoms with Gasteiger partial charge >= 0.3 is 0 Å². The molecule has 2 aliphatic rings. The van der Waals surface area contributed by atoms with Crippen LogP contribution in [0.15, 0.2) is 30.3 Å². The minimum atomic E-state index is -0.632. The van der Waals surface area contributed by atoms with Crippen LogP contribution < -0.4 is 5.32 Å². The number of halogens is 1. The Hall–Kier alpha value is -2.52. The van der Waals surface area contributed by atoms with E-state index in [1.807, 2.05) is 11.0 Å². The van der Waals surface area contributed by atoms with Crippen LogP contribution in [-0.4, -0.2) is 82.1 Å². The van der Waals surface area contributed by atoms with Gasteiger partial charge in [-0.15, -0.1) is 0 Å². The fourth-order valence-corrected chi connectivity index (χ4v) is 5.78. The van der Waals surface area contributed by atoms with Crippen molar-refractivity contribution >= 4 is 29.2 Å². The smallest absolute Gasteiger partial charge is 0.253 e. The third kappa shape index (κ3) is 6.49. The van der Waals surface area contributed by atoms with Gasteiger partial charge in [0.2, 0.25) is 5.91 Å². The molecule has 0 saturated carbocycles. The highest BCUT2D eigenvalue weighted by atomic mass is 35.5. The Morgan fingerprint density at radius 2 is 1.86 bits per heavy atom. The fraction of sp³-hybridized carbons (Fsp3) is 0.536. The quantitative estimate of drug-likeness (QED) is 0.571. The van der Waals surface area contributed by atoms with Gasteiger partial charge in [0.1, 0.15) is 12.0 Å². The molecule has 8 nitrogen and oxygen atoms in total. The molecule has 0 radical (unpaired) electrons. The van der Waals surface area contributed by atoms with Crippen molar-refractivity contribution in [3.63, 3.8) is 0 Å². The molecule has 0 spiro atoms. The van der Waals surface area contributed by atoms with Crippen molar-refractivity contribution < 1.29 is 14.7 Å². The molecule has 4 rings (SSSR count). The van der Waals surface area contributed by atoms with Crippen molar-refractivity contribution in [1.82, 2.24) is 19.7 Å². The minimum Gasteiger partial charge on any atom is -0.378 e. The van der Waals surface area contributed by atoms with Crippen LogP contribution >= 0.6 is 11.6 Å². The van der Waals surface area contributed by atoms with E-state index in [0.717, 1.165) is 43.9 Å². The molecular weight excluding hydrogens is 490 g/mol. The number of carbonyl (C=O) groups excluding carboxylic acids is 2. The van der Waals surface area contributed by atoms with Gasteiger partial charge in [-0.25, -0.2) is 4.98 Å². The number of rotatable bonds is 7. The molecule has 0 bridgehead atoms. The molecule has 37 heavy (non-hydrogen) atoms. The molecule has 0 aliphatic carbocycles. The summed E-state index contributed by atoms with van der Waals surface area (Å²) >= 11 is 6.28. The predicted molar refractivity (Wildman–Crippen MR) is 146 cm³/mol. The molecule has 2 aromatic rings. The summed E-state index contributed by atoms with van der Waals surface area (Å²) in [5.41, 5.74) is 3.57. The highest BCUT2D eigenvalue weighted by Gasteiger charge is 2.42. The second-order valence-corrected chi connectivity index (χ2v) is 10.8. The summed E-state index contributed by atoms with van der Waals surface area (Å²) in [6.07, 6.45) is 3.21. The number of pyridine rings is 1. The zero-order valence-corrected chi connectivity index (χ0v) is 23.0. The average Bonchev–Trinajstić information content (AvgIpc) is 3.26. The Bertz CT molecular complexity index is 1130. The van der Waals surface area contributed by atoms with E-state index in [1.165, 1.54) is 16.0 Å². The zero-order chi connectivity index (χ0) is 26.7. The third-order valence-electron chi connectivity index (χ3n) is 7.44. The number of benzene rings is 1. The normalized spacial score (nSPS) is 21.2. The van der Waals surface area contributed by atoms with E-state index in [9.17, 15) is 14.7 Å². The maximum atomic E-state index is 13.3. The van der Waals surface area contributed by atoms with Crippen LogP contribution in [-0.2, 0) is 17.8 Å². The lowest BCUT2D eigenvalue weighted by Gasteiger charge is -2.40. The number of hydrogen-bond donors (Lipinski definition) is 2. The minimum absolute atomic E-state index is 0.136. The number of amides is 2. The Morgan fingerprint density at radius 3 is 2.54 bits per heavy atom. The van der Waals surface area contributed by atoms with Crippen molar-refractivity contribution in [1.29, 1.82) is 0 Å². The van der Waals surface area contributed by atoms with Gasteiger partial charge in [-0.3, -0.25) is 19.4 Å². The number of nitrogens with one attached hydrogen (secondary N) is 1. The molecule has 2 saturated heterocycles. The number of likely N-dealkylation sites (tertiary alicyclic amines) is 2. The molecule has 1 aromatic heterocycles. The van der Waals surface area contributed by atoms with Crippen molar-refractivity contribution in [2.24, 2.45) is 0 Å². The third-order valence-corrected chi connectivity index (χ3v) is 7.81. The fourth-order valence-electron chi connectivity index (χ4n) is 5.53. The number of aryl methyl sites for hydroxylation is 2. The number of aromatic nitrogens is 1. The van der Waals surface area contributed by atoms with E-state index in [-0.39, 0.29) is 17.9 Å². The van der Waals surface area contributed by atoms with E-state index in [1.54, 1.807) is 33.2 Å². The summed E-state index contributed by atoms with van der Waals surface area (Å²) in [5, 5.41) is 14.5. The Labute approximate surface area is 224 Å². The first-order valence-corrected chi connectivity index (χ1v) is 13.5. The number of nitrogens with zero attached hydrogens (tertiary/aromatic N) is 4. The van der Waals surface area contributed by atoms with Gasteiger partial charge in [0, 0.05) is 43.0 Å². The molecule has 3 heterocycles. The van der Waals surface area contributed by atoms with Gasteiger partial charge < -0.3 is 15.3 Å². The monoisotopic (exact) mass is 527 g/mol. The Balaban J connectivity index is 1.38. The van der Waals surface area contributed by atoms with E-state index in [0.29, 0.717) is 29.9 Å². The lowest BCUT2D eigenvalue weighted by molar-refractivity contribution is -0.125. The molecule has 9 heteroatoms. The van der Waals surface area contributed by atoms with Crippen LogP contribution in [0.2, 0.25) is 5.02 Å². The molecule has 1 unspecified atom stereocenters. The molecule has 2 aliphatic heterocycles. The number of carbonyl (C=O) groups is 2. The Morgan fingerprint density at radius 1 is 1.14 bits per heavy atom. The second kappa shape index (κ2) is 11.9. The molecule has 200 valence electrons. The van der Waals surface area contributed by atoms with Crippen molar-refractivity contribution in [3.8, 4) is 0 Å². The maximum absolute atomic E-state index is 13.3. The standard InChI is InChI=1S/C28H38ClN5O3/c1-5-20-15-19(6-7-23(20)29)17-33-12-10-22(11-13-33)34-24(8-9-26(34)35)27(36)31-25-16-21(14-18(2)30-25)28(37)32(3)4/h6-7,14-16,22,24,26,35H,5,8-13,17H2,1-4H3,(H,30,31,36)/t24-,26?/m1/s1. The largest absolute Gasteiger partial charge is 0.378 e. The summed E-state index contributed by atoms with van der Waals surface area (Å²) in [5.74, 6) is 0.0320. The first-order valence-electron chi connectivity index (χ1n) is 13.1. The molecule has 2 atom stereocenters. The number of anilines is 1. The SMILES string of the molecule is CCc1cc(CN2CCC(N3C(O)CC[C@@H]3C(=O)Nc3cc(C(=O)N(C)C)cc(C)n3)CC2)ccc1Cl. The van der Waals surface area contributed by atoms with Crippen LogP contribution in [0.25, 0.3) is 0 Å². The lowest BCUT2D eigenvalue weighted by Crippen LogP contribution is -2.52. The molecule has 2 N–H and O–H groups in total. The number of hydrogen-bond acceptors (Lipinski definition) is 6. The van der Waals surface area contributed by atoms with E-state index in [4.69, 9.17) is 11.6 Å². The number of aliphatic hydroxyl groups is 1. The summed E-state index contributed by atoms with van der Waals surface area (Å²) in [6, 6.07) is 9.30. The predicted octanol–water partition coefficient (Wildman–Crippen LogP) is 3.69.